The molecule has 0 amide bonds. The number of hydrogen-bond donors (Lipinski definition) is 1. The van der Waals surface area contributed by atoms with Crippen LogP contribution in [0.15, 0.2) is 18.2 Å². The molecule has 1 heterocycles. The molecule has 0 unspecified atom stereocenters. The monoisotopic (exact) mass is 203 g/mol. The summed E-state index contributed by atoms with van der Waals surface area (Å²) in [6, 6.07) is 8.67. The lowest BCUT2D eigenvalue weighted by Crippen LogP contribution is -1.96. The van der Waals surface area contributed by atoms with Crippen molar-refractivity contribution in [2.75, 3.05) is 7.11 Å². The van der Waals surface area contributed by atoms with Crippen LogP contribution in [-0.4, -0.2) is 27.7 Å². The van der Waals surface area contributed by atoms with Gasteiger partial charge in [0.1, 0.15) is 11.6 Å². The van der Waals surface area contributed by atoms with Crippen molar-refractivity contribution < 1.29 is 4.74 Å². The van der Waals surface area contributed by atoms with Gasteiger partial charge < -0.3 is 4.74 Å². The quantitative estimate of drug-likeness (QED) is 0.798. The van der Waals surface area contributed by atoms with Crippen molar-refractivity contribution in [3.05, 3.63) is 35.7 Å². The number of methoxy groups -OCH3 is 1. The highest BCUT2D eigenvalue weighted by Crippen LogP contribution is 2.18. The molecule has 0 aliphatic carbocycles. The van der Waals surface area contributed by atoms with Gasteiger partial charge in [0.15, 0.2) is 0 Å². The Balaban J connectivity index is 2.04. The van der Waals surface area contributed by atoms with E-state index in [4.69, 9.17) is 4.74 Å². The summed E-state index contributed by atoms with van der Waals surface area (Å²) in [5.74, 6) is 1.65. The molecule has 1 aromatic carbocycles. The van der Waals surface area contributed by atoms with Gasteiger partial charge in [-0.1, -0.05) is 6.07 Å². The molecule has 1 radical (unpaired) electrons. The first-order valence-electron chi connectivity index (χ1n) is 4.65. The third kappa shape index (κ3) is 2.31. The van der Waals surface area contributed by atoms with Crippen molar-refractivity contribution in [2.24, 2.45) is 0 Å². The van der Waals surface area contributed by atoms with Gasteiger partial charge in [0.05, 0.1) is 7.11 Å². The van der Waals surface area contributed by atoms with Crippen LogP contribution in [0.1, 0.15) is 11.4 Å². The predicted octanol–water partition coefficient (Wildman–Crippen LogP) is 0.794. The molecule has 0 aliphatic rings. The van der Waals surface area contributed by atoms with Crippen LogP contribution in [0.4, 0.5) is 0 Å². The largest absolute Gasteiger partial charge is 0.496 e. The van der Waals surface area contributed by atoms with E-state index >= 15 is 0 Å². The zero-order chi connectivity index (χ0) is 10.5. The highest BCUT2D eigenvalue weighted by Gasteiger charge is 2.03. The SMILES string of the molecule is COc1cc[c]cc1CCc1nnn[nH]1. The van der Waals surface area contributed by atoms with E-state index in [0.717, 1.165) is 30.0 Å². The molecular weight excluding hydrogens is 192 g/mol. The van der Waals surface area contributed by atoms with Gasteiger partial charge in [0.25, 0.3) is 0 Å². The summed E-state index contributed by atoms with van der Waals surface area (Å²) in [4.78, 5) is 0. The molecule has 0 fully saturated rings. The van der Waals surface area contributed by atoms with E-state index in [2.05, 4.69) is 26.7 Å². The fraction of sp³-hybridized carbons (Fsp3) is 0.300. The second-order valence-corrected chi connectivity index (χ2v) is 3.09. The summed E-state index contributed by atoms with van der Waals surface area (Å²) in [7, 11) is 1.66. The molecular formula is C10H11N4O. The molecule has 5 nitrogen and oxygen atoms in total. The summed E-state index contributed by atoms with van der Waals surface area (Å²) >= 11 is 0. The lowest BCUT2D eigenvalue weighted by atomic mass is 10.1. The number of tetrazole rings is 1. The Bertz CT molecular complexity index is 413. The first-order chi connectivity index (χ1) is 7.40. The number of hydrogen-bond acceptors (Lipinski definition) is 4. The molecule has 0 atom stereocenters. The van der Waals surface area contributed by atoms with Crippen LogP contribution in [-0.2, 0) is 12.8 Å². The first-order valence-corrected chi connectivity index (χ1v) is 4.65. The summed E-state index contributed by atoms with van der Waals surface area (Å²) in [6.45, 7) is 0. The molecule has 0 saturated heterocycles. The minimum atomic E-state index is 0.765. The zero-order valence-corrected chi connectivity index (χ0v) is 8.40. The smallest absolute Gasteiger partial charge is 0.148 e. The number of aromatic nitrogens is 4. The van der Waals surface area contributed by atoms with Gasteiger partial charge in [-0.3, -0.25) is 0 Å². The van der Waals surface area contributed by atoms with Gasteiger partial charge >= 0.3 is 0 Å². The molecule has 0 saturated carbocycles. The fourth-order valence-corrected chi connectivity index (χ4v) is 1.38. The summed E-state index contributed by atoms with van der Waals surface area (Å²) in [5.41, 5.74) is 1.11. The van der Waals surface area contributed by atoms with E-state index in [1.54, 1.807) is 7.11 Å². The molecule has 0 bridgehead atoms. The van der Waals surface area contributed by atoms with Crippen LogP contribution in [0.5, 0.6) is 5.75 Å². The number of H-pyrrole nitrogens is 1. The maximum atomic E-state index is 5.23. The second kappa shape index (κ2) is 4.54. The van der Waals surface area contributed by atoms with Crippen LogP contribution < -0.4 is 4.74 Å². The van der Waals surface area contributed by atoms with Gasteiger partial charge in [-0.05, 0) is 40.6 Å². The molecule has 15 heavy (non-hydrogen) atoms. The van der Waals surface area contributed by atoms with Gasteiger partial charge in [-0.15, -0.1) is 5.10 Å². The molecule has 2 aromatic rings. The van der Waals surface area contributed by atoms with Gasteiger partial charge in [0.2, 0.25) is 0 Å². The minimum absolute atomic E-state index is 0.765. The van der Waals surface area contributed by atoms with E-state index in [0.29, 0.717) is 0 Å². The van der Waals surface area contributed by atoms with Crippen LogP contribution in [0.25, 0.3) is 0 Å². The molecule has 77 valence electrons. The maximum absolute atomic E-state index is 5.23. The Labute approximate surface area is 87.5 Å². The third-order valence-electron chi connectivity index (χ3n) is 2.15. The molecule has 5 heteroatoms. The normalized spacial score (nSPS) is 10.2. The van der Waals surface area contributed by atoms with Crippen molar-refractivity contribution in [3.8, 4) is 5.75 Å². The first kappa shape index (κ1) is 9.64. The highest BCUT2D eigenvalue weighted by atomic mass is 16.5. The molecule has 1 N–H and O–H groups in total. The van der Waals surface area contributed by atoms with Crippen molar-refractivity contribution >= 4 is 0 Å². The second-order valence-electron chi connectivity index (χ2n) is 3.09. The molecule has 0 aliphatic heterocycles. The number of aryl methyl sites for hydroxylation is 2. The van der Waals surface area contributed by atoms with Crippen molar-refractivity contribution in [1.29, 1.82) is 0 Å². The third-order valence-corrected chi connectivity index (χ3v) is 2.15. The highest BCUT2D eigenvalue weighted by molar-refractivity contribution is 5.32. The molecule has 0 spiro atoms. The Morgan fingerprint density at radius 1 is 1.47 bits per heavy atom. The number of aromatic amines is 1. The van der Waals surface area contributed by atoms with Gasteiger partial charge in [0, 0.05) is 6.42 Å². The number of ether oxygens (including phenoxy) is 1. The van der Waals surface area contributed by atoms with Crippen molar-refractivity contribution in [2.45, 2.75) is 12.8 Å². The predicted molar refractivity (Wildman–Crippen MR) is 53.4 cm³/mol. The summed E-state index contributed by atoms with van der Waals surface area (Å²) in [6.07, 6.45) is 1.60. The number of nitrogens with zero attached hydrogens (tertiary/aromatic N) is 3. The maximum Gasteiger partial charge on any atom is 0.148 e. The van der Waals surface area contributed by atoms with E-state index in [1.165, 1.54) is 0 Å². The van der Waals surface area contributed by atoms with Gasteiger partial charge in [-0.25, -0.2) is 5.10 Å². The molecule has 1 aromatic heterocycles. The Morgan fingerprint density at radius 2 is 2.40 bits per heavy atom. The van der Waals surface area contributed by atoms with Crippen LogP contribution in [0.3, 0.4) is 0 Å². The Kier molecular flexibility index (Phi) is 2.92. The number of benzene rings is 1. The van der Waals surface area contributed by atoms with Crippen molar-refractivity contribution in [1.82, 2.24) is 20.6 Å². The average molecular weight is 203 g/mol. The minimum Gasteiger partial charge on any atom is -0.496 e. The molecule has 2 rings (SSSR count). The lowest BCUT2D eigenvalue weighted by molar-refractivity contribution is 0.409. The average Bonchev–Trinajstić information content (AvgIpc) is 2.79. The van der Waals surface area contributed by atoms with Crippen molar-refractivity contribution in [3.63, 3.8) is 0 Å². The van der Waals surface area contributed by atoms with E-state index < -0.39 is 0 Å². The van der Waals surface area contributed by atoms with Crippen LogP contribution in [0.2, 0.25) is 0 Å². The van der Waals surface area contributed by atoms with E-state index in [1.807, 2.05) is 18.2 Å². The standard InChI is InChI=1S/C10H11N4O/c1-15-9-5-3-2-4-8(9)6-7-10-11-13-14-12-10/h3-5H,6-7H2,1H3,(H,11,12,13,14). The Hall–Kier alpha value is -1.91. The number of nitrogens with one attached hydrogen (secondary N) is 1. The van der Waals surface area contributed by atoms with E-state index in [-0.39, 0.29) is 0 Å². The number of rotatable bonds is 4. The van der Waals surface area contributed by atoms with Crippen LogP contribution >= 0.6 is 0 Å². The topological polar surface area (TPSA) is 63.7 Å². The summed E-state index contributed by atoms with van der Waals surface area (Å²) < 4.78 is 5.23. The fourth-order valence-electron chi connectivity index (χ4n) is 1.38. The van der Waals surface area contributed by atoms with E-state index in [9.17, 15) is 0 Å². The zero-order valence-electron chi connectivity index (χ0n) is 8.40. The van der Waals surface area contributed by atoms with Crippen LogP contribution in [0, 0.1) is 6.07 Å². The Morgan fingerprint density at radius 3 is 3.13 bits per heavy atom. The summed E-state index contributed by atoms with van der Waals surface area (Å²) in [5, 5.41) is 13.6. The lowest BCUT2D eigenvalue weighted by Gasteiger charge is -2.05. The van der Waals surface area contributed by atoms with Gasteiger partial charge in [-0.2, -0.15) is 0 Å².